The van der Waals surface area contributed by atoms with E-state index in [0.717, 1.165) is 19.3 Å². The lowest BCUT2D eigenvalue weighted by atomic mass is 9.53. The van der Waals surface area contributed by atoms with Gasteiger partial charge in [0.1, 0.15) is 9.75 Å². The van der Waals surface area contributed by atoms with Crippen molar-refractivity contribution in [2.24, 2.45) is 23.2 Å². The number of carbonyl (C=O) groups is 3. The second kappa shape index (κ2) is 5.99. The van der Waals surface area contributed by atoms with Crippen LogP contribution in [0.4, 0.5) is 4.79 Å². The molecule has 0 aromatic carbocycles. The lowest BCUT2D eigenvalue weighted by Gasteiger charge is -2.56. The number of hydrogen-bond acceptors (Lipinski definition) is 4. The molecule has 6 nitrogen and oxygen atoms in total. The van der Waals surface area contributed by atoms with Crippen LogP contribution in [0.1, 0.15) is 51.9 Å². The summed E-state index contributed by atoms with van der Waals surface area (Å²) in [6.07, 6.45) is 7.12. The molecule has 0 aromatic heterocycles. The van der Waals surface area contributed by atoms with Gasteiger partial charge in [-0.25, -0.2) is 4.79 Å². The lowest BCUT2D eigenvalue weighted by Crippen LogP contribution is -2.62. The average molecular weight is 403 g/mol. The second-order valence-corrected chi connectivity index (χ2v) is 10.5. The van der Waals surface area contributed by atoms with Gasteiger partial charge in [-0.1, -0.05) is 0 Å². The van der Waals surface area contributed by atoms with Gasteiger partial charge in [-0.15, -0.1) is 23.2 Å². The molecule has 0 unspecified atom stereocenters. The van der Waals surface area contributed by atoms with Crippen LogP contribution in [0.15, 0.2) is 0 Å². The maximum Gasteiger partial charge on any atom is 0.321 e. The third kappa shape index (κ3) is 3.19. The summed E-state index contributed by atoms with van der Waals surface area (Å²) in [5.41, 5.74) is -1.16. The lowest BCUT2D eigenvalue weighted by molar-refractivity contribution is -0.153. The van der Waals surface area contributed by atoms with Crippen molar-refractivity contribution < 1.29 is 19.1 Å². The topological polar surface area (TPSA) is 84.5 Å². The molecule has 5 fully saturated rings. The maximum atomic E-state index is 12.3. The van der Waals surface area contributed by atoms with Gasteiger partial charge in [0, 0.05) is 12.0 Å². The molecular weight excluding hydrogens is 379 g/mol. The van der Waals surface area contributed by atoms with Crippen LogP contribution in [0.5, 0.6) is 0 Å². The predicted molar refractivity (Wildman–Crippen MR) is 95.7 cm³/mol. The van der Waals surface area contributed by atoms with E-state index in [4.69, 9.17) is 27.9 Å². The molecule has 0 saturated heterocycles. The highest BCUT2D eigenvalue weighted by Gasteiger charge is 2.69. The SMILES string of the molecule is C[C@]1(C(=O)OCC(=O)NC(=O)NC23CC4CC(CC(C4)C2)C3)CC1(Cl)Cl. The van der Waals surface area contributed by atoms with Crippen molar-refractivity contribution in [3.63, 3.8) is 0 Å². The summed E-state index contributed by atoms with van der Waals surface area (Å²) in [5.74, 6) is 0.815. The number of hydrogen-bond donors (Lipinski definition) is 2. The maximum absolute atomic E-state index is 12.3. The molecule has 3 amide bonds. The molecule has 4 bridgehead atoms. The van der Waals surface area contributed by atoms with Gasteiger partial charge in [0.25, 0.3) is 5.91 Å². The Bertz CT molecular complexity index is 630. The highest BCUT2D eigenvalue weighted by Crippen LogP contribution is 2.64. The monoisotopic (exact) mass is 402 g/mol. The van der Waals surface area contributed by atoms with E-state index in [-0.39, 0.29) is 12.0 Å². The van der Waals surface area contributed by atoms with Gasteiger partial charge in [-0.3, -0.25) is 14.9 Å². The molecule has 1 atom stereocenters. The molecule has 144 valence electrons. The first-order valence-electron chi connectivity index (χ1n) is 9.28. The van der Waals surface area contributed by atoms with Crippen LogP contribution in [-0.2, 0) is 14.3 Å². The minimum atomic E-state index is -1.14. The van der Waals surface area contributed by atoms with E-state index in [1.165, 1.54) is 19.3 Å². The molecule has 5 saturated carbocycles. The van der Waals surface area contributed by atoms with Gasteiger partial charge in [0.2, 0.25) is 0 Å². The van der Waals surface area contributed by atoms with E-state index in [1.54, 1.807) is 6.92 Å². The number of urea groups is 1. The van der Waals surface area contributed by atoms with Gasteiger partial charge < -0.3 is 10.1 Å². The smallest absolute Gasteiger partial charge is 0.321 e. The number of rotatable bonds is 4. The summed E-state index contributed by atoms with van der Waals surface area (Å²) in [7, 11) is 0. The molecule has 0 aliphatic heterocycles. The molecule has 5 aliphatic rings. The van der Waals surface area contributed by atoms with Crippen LogP contribution >= 0.6 is 23.2 Å². The number of halogens is 2. The highest BCUT2D eigenvalue weighted by molar-refractivity contribution is 6.53. The number of alkyl halides is 2. The minimum Gasteiger partial charge on any atom is -0.455 e. The van der Waals surface area contributed by atoms with Crippen molar-refractivity contribution in [1.82, 2.24) is 10.6 Å². The number of nitrogens with one attached hydrogen (secondary N) is 2. The molecule has 5 aliphatic carbocycles. The Hall–Kier alpha value is -1.01. The summed E-state index contributed by atoms with van der Waals surface area (Å²) >= 11 is 11.8. The van der Waals surface area contributed by atoms with Crippen LogP contribution in [0.25, 0.3) is 0 Å². The molecule has 8 heteroatoms. The average Bonchev–Trinajstić information content (AvgIpc) is 3.02. The van der Waals surface area contributed by atoms with E-state index in [9.17, 15) is 14.4 Å². The Morgan fingerprint density at radius 1 is 1.04 bits per heavy atom. The fraction of sp³-hybridized carbons (Fsp3) is 0.833. The summed E-state index contributed by atoms with van der Waals surface area (Å²) in [6, 6.07) is -0.505. The first kappa shape index (κ1) is 18.4. The predicted octanol–water partition coefficient (Wildman–Crippen LogP) is 2.91. The largest absolute Gasteiger partial charge is 0.455 e. The van der Waals surface area contributed by atoms with Crippen LogP contribution in [0, 0.1) is 23.2 Å². The first-order chi connectivity index (χ1) is 12.1. The van der Waals surface area contributed by atoms with E-state index in [0.29, 0.717) is 17.8 Å². The zero-order chi connectivity index (χ0) is 18.7. The normalized spacial score (nSPS) is 41.4. The molecule has 5 rings (SSSR count). The first-order valence-corrected chi connectivity index (χ1v) is 10.0. The minimum absolute atomic E-state index is 0.172. The van der Waals surface area contributed by atoms with E-state index < -0.39 is 34.3 Å². The number of esters is 1. The Labute approximate surface area is 162 Å². The Morgan fingerprint density at radius 3 is 2.00 bits per heavy atom. The van der Waals surface area contributed by atoms with Crippen molar-refractivity contribution in [3.8, 4) is 0 Å². The Morgan fingerprint density at radius 2 is 1.54 bits per heavy atom. The van der Waals surface area contributed by atoms with Crippen molar-refractivity contribution in [2.45, 2.75) is 61.7 Å². The fourth-order valence-electron chi connectivity index (χ4n) is 5.61. The van der Waals surface area contributed by atoms with E-state index in [1.807, 2.05) is 0 Å². The quantitative estimate of drug-likeness (QED) is 0.559. The molecule has 26 heavy (non-hydrogen) atoms. The number of ether oxygens (including phenoxy) is 1. The summed E-state index contributed by atoms with van der Waals surface area (Å²) in [6.45, 7) is 1.07. The standard InChI is InChI=1S/C18H24Cl2N2O4/c1-16(9-18(16,19)20)14(24)26-8-13(23)21-15(25)22-17-5-10-2-11(6-17)4-12(3-10)7-17/h10-12H,2-9H2,1H3,(H2,21,22,23,25)/t10?,11?,12?,16-,17?/m1/s1. The number of imide groups is 1. The third-order valence-electron chi connectivity index (χ3n) is 6.71. The zero-order valence-electron chi connectivity index (χ0n) is 14.8. The Kier molecular flexibility index (Phi) is 4.23. The molecule has 0 heterocycles. The molecule has 0 radical (unpaired) electrons. The Balaban J connectivity index is 1.25. The summed E-state index contributed by atoms with van der Waals surface area (Å²) < 4.78 is 3.82. The van der Waals surface area contributed by atoms with E-state index >= 15 is 0 Å². The summed E-state index contributed by atoms with van der Waals surface area (Å²) in [4.78, 5) is 36.2. The summed E-state index contributed by atoms with van der Waals surface area (Å²) in [5, 5.41) is 5.32. The fourth-order valence-corrected chi connectivity index (χ4v) is 6.30. The van der Waals surface area contributed by atoms with Crippen LogP contribution in [-0.4, -0.2) is 34.4 Å². The van der Waals surface area contributed by atoms with Gasteiger partial charge >= 0.3 is 12.0 Å². The van der Waals surface area contributed by atoms with Gasteiger partial charge in [-0.05, 0) is 63.2 Å². The van der Waals surface area contributed by atoms with Crippen LogP contribution < -0.4 is 10.6 Å². The van der Waals surface area contributed by atoms with Crippen LogP contribution in [0.2, 0.25) is 0 Å². The molecular formula is C18H24Cl2N2O4. The van der Waals surface area contributed by atoms with Gasteiger partial charge in [0.05, 0.1) is 0 Å². The van der Waals surface area contributed by atoms with Crippen LogP contribution in [0.3, 0.4) is 0 Å². The second-order valence-electron chi connectivity index (χ2n) is 8.99. The number of carbonyl (C=O) groups excluding carboxylic acids is 3. The van der Waals surface area contributed by atoms with E-state index in [2.05, 4.69) is 10.6 Å². The van der Waals surface area contributed by atoms with Gasteiger partial charge in [0.15, 0.2) is 6.61 Å². The zero-order valence-corrected chi connectivity index (χ0v) is 16.3. The molecule has 0 aromatic rings. The van der Waals surface area contributed by atoms with Crippen molar-refractivity contribution in [2.75, 3.05) is 6.61 Å². The molecule has 0 spiro atoms. The van der Waals surface area contributed by atoms with Crippen molar-refractivity contribution >= 4 is 41.1 Å². The third-order valence-corrected chi connectivity index (χ3v) is 7.81. The van der Waals surface area contributed by atoms with Crippen molar-refractivity contribution in [3.05, 3.63) is 0 Å². The highest BCUT2D eigenvalue weighted by atomic mass is 35.5. The van der Waals surface area contributed by atoms with Gasteiger partial charge in [-0.2, -0.15) is 0 Å². The molecule has 2 N–H and O–H groups in total. The number of amides is 3. The van der Waals surface area contributed by atoms with Crippen molar-refractivity contribution in [1.29, 1.82) is 0 Å².